The standard InChI is InChI=1S/C6H11NO3.ClH/c1-10-6(8)5-3-2-4-7(5)9;/h5,9H,2-4H2,1H3;1H. The minimum absolute atomic E-state index is 0. The fraction of sp³-hybridized carbons (Fsp3) is 0.833. The second-order valence-electron chi connectivity index (χ2n) is 2.34. The van der Waals surface area contributed by atoms with Gasteiger partial charge < -0.3 is 9.94 Å². The zero-order chi connectivity index (χ0) is 7.56. The molecule has 1 fully saturated rings. The normalized spacial score (nSPS) is 24.4. The van der Waals surface area contributed by atoms with Crippen molar-refractivity contribution in [3.63, 3.8) is 0 Å². The number of halogens is 1. The van der Waals surface area contributed by atoms with Gasteiger partial charge in [0.15, 0.2) is 0 Å². The molecule has 1 saturated heterocycles. The Hall–Kier alpha value is -0.320. The van der Waals surface area contributed by atoms with E-state index in [1.807, 2.05) is 0 Å². The SMILES string of the molecule is COC(=O)C1CCCN1O.Cl. The number of esters is 1. The van der Waals surface area contributed by atoms with Crippen LogP contribution in [0.4, 0.5) is 0 Å². The zero-order valence-electron chi connectivity index (χ0n) is 6.32. The number of nitrogens with zero attached hydrogens (tertiary/aromatic N) is 1. The quantitative estimate of drug-likeness (QED) is 0.597. The summed E-state index contributed by atoms with van der Waals surface area (Å²) in [6.07, 6.45) is 1.56. The summed E-state index contributed by atoms with van der Waals surface area (Å²) < 4.78 is 4.46. The third-order valence-corrected chi connectivity index (χ3v) is 1.70. The van der Waals surface area contributed by atoms with Crippen LogP contribution in [0.2, 0.25) is 0 Å². The predicted octanol–water partition coefficient (Wildman–Crippen LogP) is 0.435. The molecule has 0 aromatic carbocycles. The number of methoxy groups -OCH3 is 1. The molecule has 4 nitrogen and oxygen atoms in total. The van der Waals surface area contributed by atoms with Gasteiger partial charge in [0.2, 0.25) is 0 Å². The first-order chi connectivity index (χ1) is 4.75. The van der Waals surface area contributed by atoms with Crippen LogP contribution in [0.3, 0.4) is 0 Å². The Labute approximate surface area is 71.5 Å². The molecule has 0 amide bonds. The second-order valence-corrected chi connectivity index (χ2v) is 2.34. The van der Waals surface area contributed by atoms with Gasteiger partial charge in [-0.1, -0.05) is 0 Å². The maximum atomic E-state index is 10.8. The lowest BCUT2D eigenvalue weighted by Gasteiger charge is -2.13. The van der Waals surface area contributed by atoms with Crippen LogP contribution in [-0.4, -0.2) is 35.9 Å². The molecular formula is C6H12ClNO3. The van der Waals surface area contributed by atoms with Gasteiger partial charge in [0.1, 0.15) is 6.04 Å². The Morgan fingerprint density at radius 1 is 1.73 bits per heavy atom. The summed E-state index contributed by atoms with van der Waals surface area (Å²) in [6, 6.07) is -0.426. The number of hydrogen-bond acceptors (Lipinski definition) is 4. The highest BCUT2D eigenvalue weighted by atomic mass is 35.5. The van der Waals surface area contributed by atoms with E-state index in [-0.39, 0.29) is 18.4 Å². The minimum Gasteiger partial charge on any atom is -0.468 e. The van der Waals surface area contributed by atoms with Gasteiger partial charge in [-0.2, -0.15) is 5.06 Å². The van der Waals surface area contributed by atoms with Crippen LogP contribution in [0.25, 0.3) is 0 Å². The van der Waals surface area contributed by atoms with Crippen LogP contribution < -0.4 is 0 Å². The van der Waals surface area contributed by atoms with Crippen LogP contribution in [0.15, 0.2) is 0 Å². The van der Waals surface area contributed by atoms with E-state index < -0.39 is 6.04 Å². The fourth-order valence-corrected chi connectivity index (χ4v) is 1.13. The molecule has 5 heteroatoms. The predicted molar refractivity (Wildman–Crippen MR) is 40.8 cm³/mol. The lowest BCUT2D eigenvalue weighted by Crippen LogP contribution is -2.34. The van der Waals surface area contributed by atoms with Crippen molar-refractivity contribution in [1.82, 2.24) is 5.06 Å². The summed E-state index contributed by atoms with van der Waals surface area (Å²) >= 11 is 0. The van der Waals surface area contributed by atoms with Crippen molar-refractivity contribution in [3.05, 3.63) is 0 Å². The van der Waals surface area contributed by atoms with E-state index >= 15 is 0 Å². The summed E-state index contributed by atoms with van der Waals surface area (Å²) in [6.45, 7) is 0.569. The van der Waals surface area contributed by atoms with E-state index in [4.69, 9.17) is 5.21 Å². The van der Waals surface area contributed by atoms with Crippen molar-refractivity contribution in [2.45, 2.75) is 18.9 Å². The average Bonchev–Trinajstić information content (AvgIpc) is 2.34. The van der Waals surface area contributed by atoms with Crippen LogP contribution in [0, 0.1) is 0 Å². The first-order valence-electron chi connectivity index (χ1n) is 3.29. The number of carbonyl (C=O) groups excluding carboxylic acids is 1. The van der Waals surface area contributed by atoms with E-state index in [2.05, 4.69) is 4.74 Å². The molecule has 66 valence electrons. The van der Waals surface area contributed by atoms with Gasteiger partial charge in [-0.05, 0) is 12.8 Å². The zero-order valence-corrected chi connectivity index (χ0v) is 7.13. The van der Waals surface area contributed by atoms with Gasteiger partial charge in [-0.25, -0.2) is 0 Å². The molecule has 1 unspecified atom stereocenters. The molecule has 0 radical (unpaired) electrons. The first-order valence-corrected chi connectivity index (χ1v) is 3.29. The number of carbonyl (C=O) groups is 1. The van der Waals surface area contributed by atoms with Gasteiger partial charge in [-0.3, -0.25) is 4.79 Å². The maximum Gasteiger partial charge on any atom is 0.325 e. The summed E-state index contributed by atoms with van der Waals surface area (Å²) in [5.74, 6) is -0.347. The van der Waals surface area contributed by atoms with Crippen molar-refractivity contribution < 1.29 is 14.7 Å². The summed E-state index contributed by atoms with van der Waals surface area (Å²) in [4.78, 5) is 10.8. The third kappa shape index (κ3) is 2.32. The van der Waals surface area contributed by atoms with Crippen molar-refractivity contribution in [1.29, 1.82) is 0 Å². The van der Waals surface area contributed by atoms with E-state index in [1.54, 1.807) is 0 Å². The van der Waals surface area contributed by atoms with Crippen molar-refractivity contribution in [2.75, 3.05) is 13.7 Å². The van der Waals surface area contributed by atoms with Crippen LogP contribution in [0.5, 0.6) is 0 Å². The molecule has 1 atom stereocenters. The van der Waals surface area contributed by atoms with Crippen LogP contribution in [-0.2, 0) is 9.53 Å². The topological polar surface area (TPSA) is 49.8 Å². The van der Waals surface area contributed by atoms with Crippen molar-refractivity contribution >= 4 is 18.4 Å². The van der Waals surface area contributed by atoms with Crippen LogP contribution >= 0.6 is 12.4 Å². The molecule has 0 saturated carbocycles. The van der Waals surface area contributed by atoms with Crippen molar-refractivity contribution in [3.8, 4) is 0 Å². The Morgan fingerprint density at radius 3 is 2.73 bits per heavy atom. The lowest BCUT2D eigenvalue weighted by atomic mass is 10.2. The average molecular weight is 182 g/mol. The fourth-order valence-electron chi connectivity index (χ4n) is 1.13. The number of ether oxygens (including phenoxy) is 1. The lowest BCUT2D eigenvalue weighted by molar-refractivity contribution is -0.164. The highest BCUT2D eigenvalue weighted by molar-refractivity contribution is 5.85. The van der Waals surface area contributed by atoms with E-state index in [0.717, 1.165) is 11.5 Å². The van der Waals surface area contributed by atoms with Gasteiger partial charge in [0.05, 0.1) is 7.11 Å². The molecule has 1 rings (SSSR count). The Balaban J connectivity index is 0.000001000. The Kier molecular flexibility index (Phi) is 4.40. The molecule has 1 aliphatic rings. The third-order valence-electron chi connectivity index (χ3n) is 1.70. The molecule has 0 aromatic heterocycles. The van der Waals surface area contributed by atoms with Gasteiger partial charge >= 0.3 is 5.97 Å². The maximum absolute atomic E-state index is 10.8. The summed E-state index contributed by atoms with van der Waals surface area (Å²) in [5.41, 5.74) is 0. The van der Waals surface area contributed by atoms with E-state index in [1.165, 1.54) is 7.11 Å². The minimum atomic E-state index is -0.426. The monoisotopic (exact) mass is 181 g/mol. The van der Waals surface area contributed by atoms with Crippen LogP contribution in [0.1, 0.15) is 12.8 Å². The molecule has 1 heterocycles. The highest BCUT2D eigenvalue weighted by Crippen LogP contribution is 2.14. The molecule has 11 heavy (non-hydrogen) atoms. The van der Waals surface area contributed by atoms with E-state index in [9.17, 15) is 4.79 Å². The summed E-state index contributed by atoms with van der Waals surface area (Å²) in [7, 11) is 1.33. The number of rotatable bonds is 1. The number of hydrogen-bond donors (Lipinski definition) is 1. The van der Waals surface area contributed by atoms with Gasteiger partial charge in [-0.15, -0.1) is 12.4 Å². The van der Waals surface area contributed by atoms with E-state index in [0.29, 0.717) is 13.0 Å². The highest BCUT2D eigenvalue weighted by Gasteiger charge is 2.30. The first kappa shape index (κ1) is 10.7. The molecule has 0 aromatic rings. The van der Waals surface area contributed by atoms with Gasteiger partial charge in [0, 0.05) is 6.54 Å². The number of hydroxylamine groups is 2. The van der Waals surface area contributed by atoms with Crippen molar-refractivity contribution in [2.24, 2.45) is 0 Å². The smallest absolute Gasteiger partial charge is 0.325 e. The molecule has 0 aliphatic carbocycles. The second kappa shape index (κ2) is 4.54. The Morgan fingerprint density at radius 2 is 2.36 bits per heavy atom. The molecule has 0 spiro atoms. The molecular weight excluding hydrogens is 170 g/mol. The molecule has 0 bridgehead atoms. The molecule has 1 N–H and O–H groups in total. The summed E-state index contributed by atoms with van der Waals surface area (Å²) in [5, 5.41) is 10.1. The largest absolute Gasteiger partial charge is 0.468 e. The molecule has 1 aliphatic heterocycles. The van der Waals surface area contributed by atoms with Gasteiger partial charge in [0.25, 0.3) is 0 Å². The Bertz CT molecular complexity index is 142.